The van der Waals surface area contributed by atoms with Gasteiger partial charge < -0.3 is 10.2 Å². The zero-order valence-electron chi connectivity index (χ0n) is 18.8. The first-order chi connectivity index (χ1) is 16.1. The van der Waals surface area contributed by atoms with Gasteiger partial charge in [0.15, 0.2) is 0 Å². The Labute approximate surface area is 208 Å². The van der Waals surface area contributed by atoms with E-state index in [1.165, 1.54) is 24.1 Å². The second kappa shape index (κ2) is 10.8. The predicted molar refractivity (Wildman–Crippen MR) is 129 cm³/mol. The molecule has 11 heteroatoms. The number of carbonyl (C=O) groups excluding carboxylic acids is 3. The number of hydrogen-bond acceptors (Lipinski definition) is 5. The molecule has 1 heterocycles. The van der Waals surface area contributed by atoms with Crippen LogP contribution in [0.4, 0.5) is 0 Å². The molecule has 0 aromatic heterocycles. The number of carbonyl (C=O) groups is 3. The van der Waals surface area contributed by atoms with Gasteiger partial charge in [-0.15, -0.1) is 0 Å². The molecular formula is C23H25Cl2N3O5S. The Morgan fingerprint density at radius 1 is 1.12 bits per heavy atom. The van der Waals surface area contributed by atoms with Crippen LogP contribution in [-0.2, 0) is 26.2 Å². The Morgan fingerprint density at radius 2 is 1.82 bits per heavy atom. The van der Waals surface area contributed by atoms with Crippen LogP contribution in [0, 0.1) is 0 Å². The summed E-state index contributed by atoms with van der Waals surface area (Å²) >= 11 is 12.1. The first kappa shape index (κ1) is 26.0. The largest absolute Gasteiger partial charge is 0.357 e. The quantitative estimate of drug-likeness (QED) is 0.539. The number of rotatable bonds is 9. The van der Waals surface area contributed by atoms with Gasteiger partial charge in [-0.1, -0.05) is 48.3 Å². The smallest absolute Gasteiger partial charge is 0.269 e. The van der Waals surface area contributed by atoms with Crippen molar-refractivity contribution < 1.29 is 22.8 Å². The van der Waals surface area contributed by atoms with Gasteiger partial charge in [0.25, 0.3) is 15.9 Å². The maximum absolute atomic E-state index is 13.2. The number of hydrogen-bond donors (Lipinski definition) is 1. The van der Waals surface area contributed by atoms with E-state index in [4.69, 9.17) is 23.2 Å². The third-order valence-corrected chi connectivity index (χ3v) is 8.21. The number of likely N-dealkylation sites (N-methyl/N-ethyl adjacent to an activating group) is 1. The molecule has 1 aliphatic rings. The summed E-state index contributed by atoms with van der Waals surface area (Å²) in [5, 5.41) is 3.28. The summed E-state index contributed by atoms with van der Waals surface area (Å²) in [6, 6.07) is 10.3. The van der Waals surface area contributed by atoms with Crippen molar-refractivity contribution in [2.24, 2.45) is 0 Å². The minimum Gasteiger partial charge on any atom is -0.357 e. The monoisotopic (exact) mass is 525 g/mol. The summed E-state index contributed by atoms with van der Waals surface area (Å²) in [5.74, 6) is -1.26. The highest BCUT2D eigenvalue weighted by atomic mass is 35.5. The summed E-state index contributed by atoms with van der Waals surface area (Å²) in [6.07, 6.45) is 0.436. The molecule has 0 saturated carbocycles. The van der Waals surface area contributed by atoms with Gasteiger partial charge in [0.2, 0.25) is 11.8 Å². The molecule has 1 aliphatic heterocycles. The molecule has 0 unspecified atom stereocenters. The van der Waals surface area contributed by atoms with Crippen LogP contribution in [0.1, 0.15) is 42.1 Å². The SMILES string of the molecule is CC[C@H](C(=O)NC)N(Cc1ccc(Cl)c(Cl)c1)C(=O)CCCN1C(=O)c2ccccc2S1(=O)=O. The molecule has 2 aromatic carbocycles. The molecule has 1 N–H and O–H groups in total. The normalized spacial score (nSPS) is 15.1. The van der Waals surface area contributed by atoms with Crippen LogP contribution in [0.3, 0.4) is 0 Å². The molecule has 1 atom stereocenters. The minimum absolute atomic E-state index is 0.0294. The molecule has 0 spiro atoms. The minimum atomic E-state index is -3.94. The van der Waals surface area contributed by atoms with Gasteiger partial charge in [0, 0.05) is 26.6 Å². The molecule has 3 rings (SSSR count). The van der Waals surface area contributed by atoms with E-state index in [-0.39, 0.29) is 48.2 Å². The van der Waals surface area contributed by atoms with Gasteiger partial charge in [-0.25, -0.2) is 12.7 Å². The van der Waals surface area contributed by atoms with E-state index >= 15 is 0 Å². The zero-order chi connectivity index (χ0) is 25.0. The van der Waals surface area contributed by atoms with E-state index in [0.29, 0.717) is 22.0 Å². The van der Waals surface area contributed by atoms with Crippen LogP contribution in [0.5, 0.6) is 0 Å². The molecule has 34 heavy (non-hydrogen) atoms. The summed E-state index contributed by atoms with van der Waals surface area (Å²) < 4.78 is 26.2. The van der Waals surface area contributed by atoms with Crippen LogP contribution in [0.2, 0.25) is 10.0 Å². The average Bonchev–Trinajstić information content (AvgIpc) is 3.01. The van der Waals surface area contributed by atoms with E-state index in [1.807, 2.05) is 0 Å². The van der Waals surface area contributed by atoms with Crippen molar-refractivity contribution in [2.75, 3.05) is 13.6 Å². The third kappa shape index (κ3) is 5.21. The van der Waals surface area contributed by atoms with Crippen molar-refractivity contribution in [3.8, 4) is 0 Å². The molecule has 0 saturated heterocycles. The lowest BCUT2D eigenvalue weighted by atomic mass is 10.1. The topological polar surface area (TPSA) is 104 Å². The summed E-state index contributed by atoms with van der Waals surface area (Å²) in [6.45, 7) is 1.77. The van der Waals surface area contributed by atoms with Gasteiger partial charge in [0.1, 0.15) is 10.9 Å². The predicted octanol–water partition coefficient (Wildman–Crippen LogP) is 3.47. The third-order valence-electron chi connectivity index (χ3n) is 5.63. The summed E-state index contributed by atoms with van der Waals surface area (Å²) in [7, 11) is -2.45. The Bertz CT molecular complexity index is 1220. The molecule has 182 valence electrons. The van der Waals surface area contributed by atoms with E-state index in [9.17, 15) is 22.8 Å². The average molecular weight is 526 g/mol. The van der Waals surface area contributed by atoms with Crippen molar-refractivity contribution in [2.45, 2.75) is 43.7 Å². The maximum Gasteiger partial charge on any atom is 0.269 e. The number of amides is 3. The van der Waals surface area contributed by atoms with Crippen LogP contribution in [-0.4, -0.2) is 55.0 Å². The fourth-order valence-electron chi connectivity index (χ4n) is 3.89. The highest BCUT2D eigenvalue weighted by Gasteiger charge is 2.40. The highest BCUT2D eigenvalue weighted by molar-refractivity contribution is 7.90. The van der Waals surface area contributed by atoms with Crippen molar-refractivity contribution in [3.63, 3.8) is 0 Å². The van der Waals surface area contributed by atoms with Gasteiger partial charge in [-0.2, -0.15) is 0 Å². The van der Waals surface area contributed by atoms with Crippen molar-refractivity contribution in [3.05, 3.63) is 63.6 Å². The van der Waals surface area contributed by atoms with E-state index in [2.05, 4.69) is 5.32 Å². The van der Waals surface area contributed by atoms with Gasteiger partial charge >= 0.3 is 0 Å². The molecule has 2 aromatic rings. The molecule has 8 nitrogen and oxygen atoms in total. The van der Waals surface area contributed by atoms with E-state index < -0.39 is 22.0 Å². The number of nitrogens with zero attached hydrogens (tertiary/aromatic N) is 2. The number of sulfonamides is 1. The Hall–Kier alpha value is -2.62. The van der Waals surface area contributed by atoms with Gasteiger partial charge in [0.05, 0.1) is 15.6 Å². The highest BCUT2D eigenvalue weighted by Crippen LogP contribution is 2.30. The van der Waals surface area contributed by atoms with Gasteiger partial charge in [-0.3, -0.25) is 14.4 Å². The van der Waals surface area contributed by atoms with Crippen molar-refractivity contribution in [1.82, 2.24) is 14.5 Å². The fourth-order valence-corrected chi connectivity index (χ4v) is 5.82. The molecule has 0 fully saturated rings. The molecule has 3 amide bonds. The van der Waals surface area contributed by atoms with Crippen LogP contribution >= 0.6 is 23.2 Å². The first-order valence-electron chi connectivity index (χ1n) is 10.7. The lowest BCUT2D eigenvalue weighted by molar-refractivity contribution is -0.141. The van der Waals surface area contributed by atoms with E-state index in [0.717, 1.165) is 4.31 Å². The van der Waals surface area contributed by atoms with Crippen molar-refractivity contribution >= 4 is 50.9 Å². The van der Waals surface area contributed by atoms with Crippen LogP contribution < -0.4 is 5.32 Å². The fraction of sp³-hybridized carbons (Fsp3) is 0.348. The molecule has 0 radical (unpaired) electrons. The van der Waals surface area contributed by atoms with Gasteiger partial charge in [-0.05, 0) is 42.7 Å². The zero-order valence-corrected chi connectivity index (χ0v) is 21.1. The number of halogens is 2. The second-order valence-corrected chi connectivity index (χ2v) is 10.4. The molecule has 0 aliphatic carbocycles. The van der Waals surface area contributed by atoms with Crippen LogP contribution in [0.25, 0.3) is 0 Å². The summed E-state index contributed by atoms with van der Waals surface area (Å²) in [4.78, 5) is 39.6. The second-order valence-electron chi connectivity index (χ2n) is 7.79. The number of nitrogens with one attached hydrogen (secondary N) is 1. The Balaban J connectivity index is 1.74. The number of benzene rings is 2. The Kier molecular flexibility index (Phi) is 8.22. The number of fused-ring (bicyclic) bond motifs is 1. The molecular weight excluding hydrogens is 501 g/mol. The lowest BCUT2D eigenvalue weighted by Gasteiger charge is -2.30. The lowest BCUT2D eigenvalue weighted by Crippen LogP contribution is -2.48. The molecule has 0 bridgehead atoms. The first-order valence-corrected chi connectivity index (χ1v) is 12.9. The standard InChI is InChI=1S/C23H25Cl2N3O5S/c1-3-19(22(30)26-2)27(14-15-10-11-17(24)18(25)13-15)21(29)9-6-12-28-23(31)16-7-4-5-8-20(16)34(28,32)33/h4-5,7-8,10-11,13,19H,3,6,9,12,14H2,1-2H3,(H,26,30)/t19-/m1/s1. The van der Waals surface area contributed by atoms with E-state index in [1.54, 1.807) is 37.3 Å². The maximum atomic E-state index is 13.2. The van der Waals surface area contributed by atoms with Crippen LogP contribution in [0.15, 0.2) is 47.4 Å². The van der Waals surface area contributed by atoms with Crippen molar-refractivity contribution in [1.29, 1.82) is 0 Å². The Morgan fingerprint density at radius 3 is 2.44 bits per heavy atom. The summed E-state index contributed by atoms with van der Waals surface area (Å²) in [5.41, 5.74) is 0.818.